The Bertz CT molecular complexity index is 411. The van der Waals surface area contributed by atoms with E-state index in [2.05, 4.69) is 15.3 Å². The van der Waals surface area contributed by atoms with Gasteiger partial charge in [-0.25, -0.2) is 9.97 Å². The number of hydrogen-bond donors (Lipinski definition) is 2. The molecule has 1 aromatic rings. The molecule has 2 N–H and O–H groups in total. The Kier molecular flexibility index (Phi) is 3.31. The van der Waals surface area contributed by atoms with Crippen LogP contribution in [0.25, 0.3) is 0 Å². The number of aliphatic hydroxyl groups excluding tert-OH is 1. The van der Waals surface area contributed by atoms with E-state index in [1.54, 1.807) is 0 Å². The van der Waals surface area contributed by atoms with E-state index in [4.69, 9.17) is 4.74 Å². The smallest absolute Gasteiger partial charge is 0.132 e. The summed E-state index contributed by atoms with van der Waals surface area (Å²) in [5, 5.41) is 12.6. The molecule has 2 heterocycles. The van der Waals surface area contributed by atoms with Gasteiger partial charge in [-0.2, -0.15) is 0 Å². The van der Waals surface area contributed by atoms with Crippen LogP contribution in [0.15, 0.2) is 0 Å². The van der Waals surface area contributed by atoms with Gasteiger partial charge in [-0.1, -0.05) is 0 Å². The van der Waals surface area contributed by atoms with Gasteiger partial charge in [0.25, 0.3) is 0 Å². The summed E-state index contributed by atoms with van der Waals surface area (Å²) in [6, 6.07) is 0. The molecule has 0 amide bonds. The molecule has 94 valence electrons. The van der Waals surface area contributed by atoms with Crippen LogP contribution in [0.4, 0.5) is 5.82 Å². The van der Waals surface area contributed by atoms with Gasteiger partial charge in [-0.3, -0.25) is 0 Å². The summed E-state index contributed by atoms with van der Waals surface area (Å²) in [5.74, 6) is 1.62. The van der Waals surface area contributed by atoms with Gasteiger partial charge in [-0.15, -0.1) is 0 Å². The first-order valence-electron chi connectivity index (χ1n) is 5.81. The lowest BCUT2D eigenvalue weighted by Crippen LogP contribution is -2.50. The number of anilines is 1. The van der Waals surface area contributed by atoms with Crippen molar-refractivity contribution in [3.8, 4) is 0 Å². The molecule has 0 aliphatic carbocycles. The SMILES string of the molecule is Cc1nc(C)c(C)c(NCC2(CO)COC2)n1. The number of ether oxygens (including phenoxy) is 1. The highest BCUT2D eigenvalue weighted by Crippen LogP contribution is 2.27. The molecule has 1 aliphatic heterocycles. The minimum absolute atomic E-state index is 0.140. The Morgan fingerprint density at radius 2 is 2.00 bits per heavy atom. The van der Waals surface area contributed by atoms with Crippen LogP contribution in [-0.2, 0) is 4.74 Å². The largest absolute Gasteiger partial charge is 0.396 e. The van der Waals surface area contributed by atoms with E-state index in [1.807, 2.05) is 20.8 Å². The third-order valence-electron chi connectivity index (χ3n) is 3.28. The molecule has 5 nitrogen and oxygen atoms in total. The summed E-state index contributed by atoms with van der Waals surface area (Å²) in [5.41, 5.74) is 1.91. The lowest BCUT2D eigenvalue weighted by atomic mass is 9.87. The molecule has 5 heteroatoms. The van der Waals surface area contributed by atoms with Crippen LogP contribution in [0, 0.1) is 26.2 Å². The number of aryl methyl sites for hydroxylation is 2. The zero-order valence-corrected chi connectivity index (χ0v) is 10.6. The molecule has 0 saturated carbocycles. The second-order valence-corrected chi connectivity index (χ2v) is 4.83. The van der Waals surface area contributed by atoms with E-state index in [0.717, 1.165) is 22.9 Å². The van der Waals surface area contributed by atoms with Gasteiger partial charge in [0.2, 0.25) is 0 Å². The predicted octanol–water partition coefficient (Wildman–Crippen LogP) is 0.823. The molecule has 0 unspecified atom stereocenters. The average molecular weight is 237 g/mol. The van der Waals surface area contributed by atoms with Gasteiger partial charge in [0, 0.05) is 17.8 Å². The lowest BCUT2D eigenvalue weighted by molar-refractivity contribution is -0.128. The van der Waals surface area contributed by atoms with Gasteiger partial charge in [0.15, 0.2) is 0 Å². The molecule has 2 rings (SSSR count). The van der Waals surface area contributed by atoms with E-state index >= 15 is 0 Å². The van der Waals surface area contributed by atoms with Gasteiger partial charge in [0.1, 0.15) is 11.6 Å². The fourth-order valence-electron chi connectivity index (χ4n) is 1.85. The highest BCUT2D eigenvalue weighted by Gasteiger charge is 2.38. The molecular weight excluding hydrogens is 218 g/mol. The Labute approximate surface area is 101 Å². The number of rotatable bonds is 4. The second kappa shape index (κ2) is 4.58. The maximum Gasteiger partial charge on any atom is 0.132 e. The Morgan fingerprint density at radius 3 is 2.53 bits per heavy atom. The van der Waals surface area contributed by atoms with Crippen molar-refractivity contribution in [2.75, 3.05) is 31.7 Å². The first kappa shape index (κ1) is 12.3. The lowest BCUT2D eigenvalue weighted by Gasteiger charge is -2.40. The summed E-state index contributed by atoms with van der Waals surface area (Å²) in [7, 11) is 0. The first-order valence-corrected chi connectivity index (χ1v) is 5.81. The van der Waals surface area contributed by atoms with E-state index in [0.29, 0.717) is 19.8 Å². The third kappa shape index (κ3) is 2.40. The molecular formula is C12H19N3O2. The van der Waals surface area contributed by atoms with Gasteiger partial charge < -0.3 is 15.2 Å². The van der Waals surface area contributed by atoms with Crippen LogP contribution >= 0.6 is 0 Å². The van der Waals surface area contributed by atoms with Crippen LogP contribution in [0.5, 0.6) is 0 Å². The monoisotopic (exact) mass is 237 g/mol. The van der Waals surface area contributed by atoms with Crippen molar-refractivity contribution < 1.29 is 9.84 Å². The number of aliphatic hydroxyl groups is 1. The minimum atomic E-state index is -0.140. The van der Waals surface area contributed by atoms with Crippen molar-refractivity contribution in [2.24, 2.45) is 5.41 Å². The molecule has 0 bridgehead atoms. The highest BCUT2D eigenvalue weighted by atomic mass is 16.5. The Hall–Kier alpha value is -1.20. The average Bonchev–Trinajstić information content (AvgIpc) is 2.23. The maximum absolute atomic E-state index is 9.34. The van der Waals surface area contributed by atoms with Crippen molar-refractivity contribution in [1.29, 1.82) is 0 Å². The molecule has 1 fully saturated rings. The zero-order chi connectivity index (χ0) is 12.5. The maximum atomic E-state index is 9.34. The van der Waals surface area contributed by atoms with Crippen molar-refractivity contribution in [3.63, 3.8) is 0 Å². The van der Waals surface area contributed by atoms with Crippen molar-refractivity contribution in [2.45, 2.75) is 20.8 Å². The van der Waals surface area contributed by atoms with Crippen LogP contribution in [0.1, 0.15) is 17.1 Å². The molecule has 1 aliphatic rings. The van der Waals surface area contributed by atoms with E-state index < -0.39 is 0 Å². The summed E-state index contributed by atoms with van der Waals surface area (Å²) < 4.78 is 5.16. The summed E-state index contributed by atoms with van der Waals surface area (Å²) >= 11 is 0. The quantitative estimate of drug-likeness (QED) is 0.811. The van der Waals surface area contributed by atoms with Crippen molar-refractivity contribution >= 4 is 5.82 Å². The summed E-state index contributed by atoms with van der Waals surface area (Å²) in [6.45, 7) is 7.90. The fourth-order valence-corrected chi connectivity index (χ4v) is 1.85. The molecule has 0 atom stereocenters. The summed E-state index contributed by atoms with van der Waals surface area (Å²) in [6.07, 6.45) is 0. The zero-order valence-electron chi connectivity index (χ0n) is 10.6. The van der Waals surface area contributed by atoms with E-state index in [1.165, 1.54) is 0 Å². The van der Waals surface area contributed by atoms with Gasteiger partial charge >= 0.3 is 0 Å². The van der Waals surface area contributed by atoms with Crippen LogP contribution in [-0.4, -0.2) is 41.4 Å². The number of hydrogen-bond acceptors (Lipinski definition) is 5. The highest BCUT2D eigenvalue weighted by molar-refractivity contribution is 5.45. The standard InChI is InChI=1S/C12H19N3O2/c1-8-9(2)14-10(3)15-11(8)13-4-12(5-16)6-17-7-12/h16H,4-7H2,1-3H3,(H,13,14,15). The fraction of sp³-hybridized carbons (Fsp3) is 0.667. The second-order valence-electron chi connectivity index (χ2n) is 4.83. The van der Waals surface area contributed by atoms with Crippen molar-refractivity contribution in [3.05, 3.63) is 17.1 Å². The molecule has 17 heavy (non-hydrogen) atoms. The molecule has 1 aromatic heterocycles. The topological polar surface area (TPSA) is 67.3 Å². The molecule has 1 saturated heterocycles. The van der Waals surface area contributed by atoms with Crippen LogP contribution < -0.4 is 5.32 Å². The minimum Gasteiger partial charge on any atom is -0.396 e. The van der Waals surface area contributed by atoms with Gasteiger partial charge in [-0.05, 0) is 20.8 Å². The van der Waals surface area contributed by atoms with E-state index in [9.17, 15) is 5.11 Å². The van der Waals surface area contributed by atoms with Crippen LogP contribution in [0.2, 0.25) is 0 Å². The third-order valence-corrected chi connectivity index (χ3v) is 3.28. The molecule has 0 aromatic carbocycles. The number of nitrogens with zero attached hydrogens (tertiary/aromatic N) is 2. The van der Waals surface area contributed by atoms with Crippen molar-refractivity contribution in [1.82, 2.24) is 9.97 Å². The molecule has 0 spiro atoms. The van der Waals surface area contributed by atoms with Crippen LogP contribution in [0.3, 0.4) is 0 Å². The first-order chi connectivity index (χ1) is 8.06. The Morgan fingerprint density at radius 1 is 1.29 bits per heavy atom. The summed E-state index contributed by atoms with van der Waals surface area (Å²) in [4.78, 5) is 8.69. The normalized spacial score (nSPS) is 17.6. The Balaban J connectivity index is 2.08. The predicted molar refractivity (Wildman–Crippen MR) is 65.1 cm³/mol. The number of aromatic nitrogens is 2. The van der Waals surface area contributed by atoms with E-state index in [-0.39, 0.29) is 12.0 Å². The van der Waals surface area contributed by atoms with Gasteiger partial charge in [0.05, 0.1) is 25.2 Å². The molecule has 0 radical (unpaired) electrons. The number of nitrogens with one attached hydrogen (secondary N) is 1.